The van der Waals surface area contributed by atoms with Crippen molar-refractivity contribution >= 4 is 45.3 Å². The van der Waals surface area contributed by atoms with E-state index in [0.717, 1.165) is 10.0 Å². The van der Waals surface area contributed by atoms with E-state index in [4.69, 9.17) is 11.6 Å². The summed E-state index contributed by atoms with van der Waals surface area (Å²) in [4.78, 5) is 0.189. The first-order valence-corrected chi connectivity index (χ1v) is 11.8. The summed E-state index contributed by atoms with van der Waals surface area (Å²) in [6.07, 6.45) is 3.29. The van der Waals surface area contributed by atoms with Crippen LogP contribution < -0.4 is 4.46 Å². The zero-order valence-electron chi connectivity index (χ0n) is 14.3. The minimum absolute atomic E-state index is 0.0206. The van der Waals surface area contributed by atoms with E-state index in [1.807, 2.05) is 54.6 Å². The number of allylic oxidation sites excluding steroid dienone is 2. The number of rotatable bonds is 6. The molecule has 0 atom stereocenters. The molecule has 0 fully saturated rings. The molecule has 0 heterocycles. The Hall–Kier alpha value is -2.10. The van der Waals surface area contributed by atoms with Gasteiger partial charge < -0.3 is 0 Å². The molecule has 3 rings (SSSR count). The van der Waals surface area contributed by atoms with E-state index in [9.17, 15) is 8.42 Å². The molecule has 0 saturated heterocycles. The molecule has 0 bridgehead atoms. The Bertz CT molecular complexity index is 1050. The number of hydrogen-bond donors (Lipinski definition) is 0. The summed E-state index contributed by atoms with van der Waals surface area (Å²) in [7, 11) is -3.70. The van der Waals surface area contributed by atoms with Gasteiger partial charge in [0.1, 0.15) is 0 Å². The van der Waals surface area contributed by atoms with Crippen LogP contribution in [0.5, 0.6) is 0 Å². The molecule has 2 nitrogen and oxygen atoms in total. The van der Waals surface area contributed by atoms with E-state index >= 15 is 0 Å². The zero-order valence-corrected chi connectivity index (χ0v) is 17.6. The fraction of sp³-hybridized carbons (Fsp3) is 0. The standard InChI is InChI=1S/C22H17ClO2SSe/c23-22(26(24,25)19-12-6-2-7-13-19)17-16-21(18-10-4-1-5-11-18)27-20-14-8-3-9-15-20/h1-17H/b21-16+,22-17+. The molecule has 0 radical (unpaired) electrons. The Kier molecular flexibility index (Phi) is 6.70. The fourth-order valence-corrected chi connectivity index (χ4v) is 5.63. The molecule has 0 amide bonds. The van der Waals surface area contributed by atoms with Gasteiger partial charge in [0.2, 0.25) is 0 Å². The van der Waals surface area contributed by atoms with Crippen LogP contribution in [0.1, 0.15) is 5.56 Å². The van der Waals surface area contributed by atoms with E-state index in [2.05, 4.69) is 12.1 Å². The summed E-state index contributed by atoms with van der Waals surface area (Å²) in [6.45, 7) is 0. The van der Waals surface area contributed by atoms with Crippen molar-refractivity contribution in [3.05, 3.63) is 113 Å². The number of hydrogen-bond acceptors (Lipinski definition) is 2. The molecule has 3 aromatic carbocycles. The molecule has 0 aliphatic carbocycles. The molecule has 0 saturated carbocycles. The van der Waals surface area contributed by atoms with Gasteiger partial charge in [0.15, 0.2) is 0 Å². The van der Waals surface area contributed by atoms with Gasteiger partial charge in [-0.3, -0.25) is 0 Å². The van der Waals surface area contributed by atoms with Crippen molar-refractivity contribution in [2.75, 3.05) is 0 Å². The molecule has 136 valence electrons. The molecule has 27 heavy (non-hydrogen) atoms. The third-order valence-electron chi connectivity index (χ3n) is 3.71. The van der Waals surface area contributed by atoms with Crippen molar-refractivity contribution in [1.82, 2.24) is 0 Å². The average Bonchev–Trinajstić information content (AvgIpc) is 2.73. The molecule has 0 N–H and O–H groups in total. The minimum atomic E-state index is -3.70. The Morgan fingerprint density at radius 3 is 1.85 bits per heavy atom. The van der Waals surface area contributed by atoms with Gasteiger partial charge in [0.05, 0.1) is 0 Å². The third-order valence-corrected chi connectivity index (χ3v) is 8.29. The van der Waals surface area contributed by atoms with Crippen molar-refractivity contribution < 1.29 is 8.42 Å². The molecular formula is C22H17ClO2SSe. The second-order valence-electron chi connectivity index (χ2n) is 5.60. The Morgan fingerprint density at radius 1 is 0.741 bits per heavy atom. The van der Waals surface area contributed by atoms with Crippen molar-refractivity contribution in [2.24, 2.45) is 0 Å². The summed E-state index contributed by atoms with van der Waals surface area (Å²) in [6, 6.07) is 28.3. The summed E-state index contributed by atoms with van der Waals surface area (Å²) < 4.78 is 27.3. The van der Waals surface area contributed by atoms with Crippen molar-refractivity contribution in [2.45, 2.75) is 4.90 Å². The predicted octanol–water partition coefficient (Wildman–Crippen LogP) is 4.61. The molecule has 5 heteroatoms. The number of halogens is 1. The zero-order chi connectivity index (χ0) is 19.1. The molecule has 0 spiro atoms. The van der Waals surface area contributed by atoms with Crippen LogP contribution in [0.25, 0.3) is 4.47 Å². The van der Waals surface area contributed by atoms with Gasteiger partial charge in [-0.05, 0) is 0 Å². The second-order valence-corrected chi connectivity index (χ2v) is 10.5. The van der Waals surface area contributed by atoms with E-state index in [-0.39, 0.29) is 24.2 Å². The van der Waals surface area contributed by atoms with E-state index in [1.54, 1.807) is 30.3 Å². The van der Waals surface area contributed by atoms with Gasteiger partial charge in [0, 0.05) is 0 Å². The monoisotopic (exact) mass is 460 g/mol. The molecular weight excluding hydrogens is 443 g/mol. The van der Waals surface area contributed by atoms with Crippen molar-refractivity contribution in [3.8, 4) is 0 Å². The number of benzene rings is 3. The van der Waals surface area contributed by atoms with Crippen LogP contribution in [-0.2, 0) is 9.84 Å². The molecule has 0 unspecified atom stereocenters. The van der Waals surface area contributed by atoms with Gasteiger partial charge in [-0.2, -0.15) is 0 Å². The van der Waals surface area contributed by atoms with E-state index in [1.165, 1.54) is 10.5 Å². The molecule has 0 aromatic heterocycles. The van der Waals surface area contributed by atoms with Crippen LogP contribution in [0.3, 0.4) is 0 Å². The summed E-state index contributed by atoms with van der Waals surface area (Å²) in [5.41, 5.74) is 1.05. The normalized spacial score (nSPS) is 12.8. The van der Waals surface area contributed by atoms with E-state index in [0.29, 0.717) is 0 Å². The first-order chi connectivity index (χ1) is 13.1. The van der Waals surface area contributed by atoms with Crippen LogP contribution in [0.2, 0.25) is 0 Å². The van der Waals surface area contributed by atoms with Gasteiger partial charge in [-0.1, -0.05) is 0 Å². The van der Waals surface area contributed by atoms with Gasteiger partial charge in [0.25, 0.3) is 0 Å². The fourth-order valence-electron chi connectivity index (χ4n) is 2.35. The van der Waals surface area contributed by atoms with Crippen LogP contribution in [0.15, 0.2) is 112 Å². The van der Waals surface area contributed by atoms with Crippen LogP contribution in [0.4, 0.5) is 0 Å². The van der Waals surface area contributed by atoms with Crippen molar-refractivity contribution in [1.29, 1.82) is 0 Å². The Balaban J connectivity index is 1.96. The second kappa shape index (κ2) is 9.20. The first-order valence-electron chi connectivity index (χ1n) is 8.23. The van der Waals surface area contributed by atoms with Gasteiger partial charge in [-0.25, -0.2) is 0 Å². The molecule has 3 aromatic rings. The number of sulfone groups is 1. The summed E-state index contributed by atoms with van der Waals surface area (Å²) in [5, 5.41) is 0. The van der Waals surface area contributed by atoms with Crippen LogP contribution in [-0.4, -0.2) is 23.4 Å². The average molecular weight is 460 g/mol. The summed E-state index contributed by atoms with van der Waals surface area (Å²) >= 11 is 6.20. The molecule has 0 aliphatic heterocycles. The van der Waals surface area contributed by atoms with Crippen LogP contribution in [0, 0.1) is 0 Å². The Labute approximate surface area is 171 Å². The quantitative estimate of drug-likeness (QED) is 0.398. The Morgan fingerprint density at radius 2 is 1.26 bits per heavy atom. The van der Waals surface area contributed by atoms with E-state index < -0.39 is 9.84 Å². The maximum absolute atomic E-state index is 12.6. The first kappa shape index (κ1) is 19.7. The molecule has 0 aliphatic rings. The maximum atomic E-state index is 12.6. The van der Waals surface area contributed by atoms with Gasteiger partial charge >= 0.3 is 172 Å². The third kappa shape index (κ3) is 5.21. The van der Waals surface area contributed by atoms with Gasteiger partial charge in [-0.15, -0.1) is 0 Å². The summed E-state index contributed by atoms with van der Waals surface area (Å²) in [5.74, 6) is 0. The van der Waals surface area contributed by atoms with Crippen LogP contribution >= 0.6 is 11.6 Å². The topological polar surface area (TPSA) is 34.1 Å². The SMILES string of the molecule is O=S(=O)(/C(Cl)=C/C=C(/[Se]c1ccccc1)c1ccccc1)c1ccccc1. The van der Waals surface area contributed by atoms with Crippen molar-refractivity contribution in [3.63, 3.8) is 0 Å². The predicted molar refractivity (Wildman–Crippen MR) is 114 cm³/mol.